The van der Waals surface area contributed by atoms with Crippen molar-refractivity contribution in [2.75, 3.05) is 21.2 Å². The van der Waals surface area contributed by atoms with E-state index < -0.39 is 0 Å². The lowest BCUT2D eigenvalue weighted by molar-refractivity contribution is 0.0827. The second kappa shape index (κ2) is 4.56. The van der Waals surface area contributed by atoms with Crippen LogP contribution in [0.2, 0.25) is 0 Å². The minimum atomic E-state index is -0.155. The van der Waals surface area contributed by atoms with Crippen LogP contribution in [0, 0.1) is 0 Å². The molecule has 0 atom stereocenters. The standard InChI is InChI=1S/C14H15NO3/c1-15(2)14(17)9-7-11-10(12(16)8-9)5-4-6-13(11)18-3/h4-8,16H,1-3H3. The van der Waals surface area contributed by atoms with E-state index in [9.17, 15) is 9.90 Å². The number of aromatic hydroxyl groups is 1. The molecule has 1 amide bonds. The van der Waals surface area contributed by atoms with E-state index in [1.807, 2.05) is 0 Å². The average molecular weight is 245 g/mol. The number of benzene rings is 2. The third-order valence-corrected chi connectivity index (χ3v) is 2.81. The van der Waals surface area contributed by atoms with Crippen molar-refractivity contribution in [1.29, 1.82) is 0 Å². The number of methoxy groups -OCH3 is 1. The van der Waals surface area contributed by atoms with Gasteiger partial charge in [0.15, 0.2) is 0 Å². The lowest BCUT2D eigenvalue weighted by Crippen LogP contribution is -2.21. The Morgan fingerprint density at radius 2 is 1.94 bits per heavy atom. The van der Waals surface area contributed by atoms with Crippen LogP contribution < -0.4 is 4.74 Å². The summed E-state index contributed by atoms with van der Waals surface area (Å²) in [6, 6.07) is 8.59. The Bertz CT molecular complexity index is 605. The van der Waals surface area contributed by atoms with E-state index in [2.05, 4.69) is 0 Å². The fourth-order valence-electron chi connectivity index (χ4n) is 1.90. The number of rotatable bonds is 2. The summed E-state index contributed by atoms with van der Waals surface area (Å²) in [5.41, 5.74) is 0.439. The molecule has 0 aromatic heterocycles. The maximum Gasteiger partial charge on any atom is 0.253 e. The summed E-state index contributed by atoms with van der Waals surface area (Å²) in [5.74, 6) is 0.561. The van der Waals surface area contributed by atoms with Crippen molar-refractivity contribution >= 4 is 16.7 Å². The molecule has 0 spiro atoms. The molecule has 1 N–H and O–H groups in total. The number of hydrogen-bond acceptors (Lipinski definition) is 3. The molecular formula is C14H15NO3. The van der Waals surface area contributed by atoms with Gasteiger partial charge in [-0.15, -0.1) is 0 Å². The first kappa shape index (κ1) is 12.2. The van der Waals surface area contributed by atoms with Crippen molar-refractivity contribution in [1.82, 2.24) is 4.90 Å². The normalized spacial score (nSPS) is 10.4. The Kier molecular flexibility index (Phi) is 3.10. The van der Waals surface area contributed by atoms with Gasteiger partial charge in [-0.25, -0.2) is 0 Å². The number of fused-ring (bicyclic) bond motifs is 1. The second-order valence-electron chi connectivity index (χ2n) is 4.25. The van der Waals surface area contributed by atoms with Crippen LogP contribution in [0.15, 0.2) is 30.3 Å². The van der Waals surface area contributed by atoms with Crippen LogP contribution in [-0.4, -0.2) is 37.1 Å². The van der Waals surface area contributed by atoms with Crippen molar-refractivity contribution in [3.8, 4) is 11.5 Å². The molecule has 4 nitrogen and oxygen atoms in total. The van der Waals surface area contributed by atoms with Crippen LogP contribution in [0.3, 0.4) is 0 Å². The molecule has 0 aliphatic rings. The zero-order chi connectivity index (χ0) is 13.3. The number of hydrogen-bond donors (Lipinski definition) is 1. The number of amides is 1. The minimum absolute atomic E-state index is 0.0802. The molecule has 18 heavy (non-hydrogen) atoms. The van der Waals surface area contributed by atoms with Crippen LogP contribution in [0.25, 0.3) is 10.8 Å². The Hall–Kier alpha value is -2.23. The number of carbonyl (C=O) groups excluding carboxylic acids is 1. The van der Waals surface area contributed by atoms with Gasteiger partial charge < -0.3 is 14.7 Å². The molecule has 0 saturated carbocycles. The van der Waals surface area contributed by atoms with Gasteiger partial charge in [0.05, 0.1) is 7.11 Å². The largest absolute Gasteiger partial charge is 0.507 e. The summed E-state index contributed by atoms with van der Waals surface area (Å²) in [6.07, 6.45) is 0. The predicted molar refractivity (Wildman–Crippen MR) is 70.2 cm³/mol. The molecule has 0 bridgehead atoms. The van der Waals surface area contributed by atoms with E-state index in [1.54, 1.807) is 45.5 Å². The van der Waals surface area contributed by atoms with Gasteiger partial charge in [-0.2, -0.15) is 0 Å². The van der Waals surface area contributed by atoms with Crippen LogP contribution >= 0.6 is 0 Å². The van der Waals surface area contributed by atoms with Gasteiger partial charge in [-0.1, -0.05) is 12.1 Å². The summed E-state index contributed by atoms with van der Waals surface area (Å²) < 4.78 is 5.24. The van der Waals surface area contributed by atoms with E-state index >= 15 is 0 Å². The van der Waals surface area contributed by atoms with Gasteiger partial charge in [0, 0.05) is 30.4 Å². The molecule has 0 heterocycles. The predicted octanol–water partition coefficient (Wildman–Crippen LogP) is 2.26. The lowest BCUT2D eigenvalue weighted by Gasteiger charge is -2.13. The minimum Gasteiger partial charge on any atom is -0.507 e. The van der Waals surface area contributed by atoms with Crippen molar-refractivity contribution < 1.29 is 14.6 Å². The average Bonchev–Trinajstić information content (AvgIpc) is 2.37. The maximum absolute atomic E-state index is 11.9. The Morgan fingerprint density at radius 1 is 1.22 bits per heavy atom. The fraction of sp³-hybridized carbons (Fsp3) is 0.214. The highest BCUT2D eigenvalue weighted by molar-refractivity contribution is 6.02. The highest BCUT2D eigenvalue weighted by Crippen LogP contribution is 2.33. The SMILES string of the molecule is COc1cccc2c(O)cc(C(=O)N(C)C)cc12. The number of carbonyl (C=O) groups is 1. The first-order valence-electron chi connectivity index (χ1n) is 5.56. The van der Waals surface area contributed by atoms with Gasteiger partial charge in [-0.05, 0) is 18.2 Å². The van der Waals surface area contributed by atoms with E-state index in [0.29, 0.717) is 16.7 Å². The Morgan fingerprint density at radius 3 is 2.56 bits per heavy atom. The van der Waals surface area contributed by atoms with Crippen molar-refractivity contribution in [3.63, 3.8) is 0 Å². The van der Waals surface area contributed by atoms with E-state index in [-0.39, 0.29) is 11.7 Å². The summed E-state index contributed by atoms with van der Waals surface area (Å²) in [6.45, 7) is 0. The van der Waals surface area contributed by atoms with Crippen LogP contribution in [0.1, 0.15) is 10.4 Å². The molecule has 4 heteroatoms. The van der Waals surface area contributed by atoms with Gasteiger partial charge in [0.1, 0.15) is 11.5 Å². The highest BCUT2D eigenvalue weighted by atomic mass is 16.5. The molecule has 0 radical (unpaired) electrons. The van der Waals surface area contributed by atoms with Crippen LogP contribution in [0.5, 0.6) is 11.5 Å². The molecule has 0 saturated heterocycles. The topological polar surface area (TPSA) is 49.8 Å². The van der Waals surface area contributed by atoms with E-state index in [1.165, 1.54) is 11.0 Å². The van der Waals surface area contributed by atoms with Crippen LogP contribution in [0.4, 0.5) is 0 Å². The zero-order valence-electron chi connectivity index (χ0n) is 10.6. The second-order valence-corrected chi connectivity index (χ2v) is 4.25. The number of nitrogens with zero attached hydrogens (tertiary/aromatic N) is 1. The number of phenolic OH excluding ortho intramolecular Hbond substituents is 1. The summed E-state index contributed by atoms with van der Waals surface area (Å²) in [5, 5.41) is 11.4. The molecule has 0 aliphatic carbocycles. The molecule has 2 aromatic carbocycles. The van der Waals surface area contributed by atoms with Crippen molar-refractivity contribution in [3.05, 3.63) is 35.9 Å². The summed E-state index contributed by atoms with van der Waals surface area (Å²) >= 11 is 0. The molecule has 94 valence electrons. The van der Waals surface area contributed by atoms with Gasteiger partial charge >= 0.3 is 0 Å². The molecular weight excluding hydrogens is 230 g/mol. The maximum atomic E-state index is 11.9. The quantitative estimate of drug-likeness (QED) is 0.882. The van der Waals surface area contributed by atoms with Gasteiger partial charge in [-0.3, -0.25) is 4.79 Å². The molecule has 2 rings (SSSR count). The summed E-state index contributed by atoms with van der Waals surface area (Å²) in [4.78, 5) is 13.4. The highest BCUT2D eigenvalue weighted by Gasteiger charge is 2.13. The van der Waals surface area contributed by atoms with Gasteiger partial charge in [0.2, 0.25) is 0 Å². The van der Waals surface area contributed by atoms with Crippen LogP contribution in [-0.2, 0) is 0 Å². The molecule has 0 fully saturated rings. The van der Waals surface area contributed by atoms with E-state index in [4.69, 9.17) is 4.74 Å². The molecule has 2 aromatic rings. The number of ether oxygens (including phenoxy) is 1. The third kappa shape index (κ3) is 1.97. The monoisotopic (exact) mass is 245 g/mol. The van der Waals surface area contributed by atoms with E-state index in [0.717, 1.165) is 5.39 Å². The fourth-order valence-corrected chi connectivity index (χ4v) is 1.90. The van der Waals surface area contributed by atoms with Crippen molar-refractivity contribution in [2.45, 2.75) is 0 Å². The lowest BCUT2D eigenvalue weighted by atomic mass is 10.0. The Labute approximate surface area is 105 Å². The Balaban J connectivity index is 2.70. The first-order chi connectivity index (χ1) is 8.54. The smallest absolute Gasteiger partial charge is 0.253 e. The third-order valence-electron chi connectivity index (χ3n) is 2.81. The first-order valence-corrected chi connectivity index (χ1v) is 5.56. The van der Waals surface area contributed by atoms with Gasteiger partial charge in [0.25, 0.3) is 5.91 Å². The zero-order valence-corrected chi connectivity index (χ0v) is 10.6. The molecule has 0 aliphatic heterocycles. The number of phenols is 1. The summed E-state index contributed by atoms with van der Waals surface area (Å²) in [7, 11) is 4.91. The molecule has 0 unspecified atom stereocenters. The van der Waals surface area contributed by atoms with Crippen molar-refractivity contribution in [2.24, 2.45) is 0 Å².